The van der Waals surface area contributed by atoms with Crippen molar-refractivity contribution in [2.24, 2.45) is 5.92 Å². The average molecular weight is 238 g/mol. The zero-order valence-corrected chi connectivity index (χ0v) is 10.0. The number of rotatable bonds is 1. The summed E-state index contributed by atoms with van der Waals surface area (Å²) in [7, 11) is 0. The summed E-state index contributed by atoms with van der Waals surface area (Å²) in [6.45, 7) is 1.13. The van der Waals surface area contributed by atoms with Crippen LogP contribution in [0.15, 0.2) is 12.3 Å². The van der Waals surface area contributed by atoms with E-state index in [1.54, 1.807) is 6.20 Å². The van der Waals surface area contributed by atoms with E-state index in [2.05, 4.69) is 14.9 Å². The standard InChI is InChI=1S/C12H16ClN3/c13-12-14-7-5-11(15-12)16-8-6-9-3-1-2-4-10(9)16/h5,7,9-10H,1-4,6,8H2. The van der Waals surface area contributed by atoms with E-state index in [1.165, 1.54) is 32.1 Å². The summed E-state index contributed by atoms with van der Waals surface area (Å²) in [5, 5.41) is 0.358. The molecule has 2 atom stereocenters. The van der Waals surface area contributed by atoms with Crippen molar-refractivity contribution in [3.8, 4) is 0 Å². The van der Waals surface area contributed by atoms with Gasteiger partial charge in [0.1, 0.15) is 5.82 Å². The Bertz CT molecular complexity index is 382. The molecule has 86 valence electrons. The lowest BCUT2D eigenvalue weighted by atomic mass is 9.85. The van der Waals surface area contributed by atoms with E-state index in [0.717, 1.165) is 18.3 Å². The van der Waals surface area contributed by atoms with Crippen LogP contribution in [0, 0.1) is 5.92 Å². The summed E-state index contributed by atoms with van der Waals surface area (Å²) in [4.78, 5) is 10.7. The van der Waals surface area contributed by atoms with Crippen molar-refractivity contribution in [3.05, 3.63) is 17.5 Å². The third-order valence-electron chi connectivity index (χ3n) is 3.92. The van der Waals surface area contributed by atoms with Crippen molar-refractivity contribution >= 4 is 17.4 Å². The summed E-state index contributed by atoms with van der Waals surface area (Å²) in [5.41, 5.74) is 0. The topological polar surface area (TPSA) is 29.0 Å². The fraction of sp³-hybridized carbons (Fsp3) is 0.667. The molecular weight excluding hydrogens is 222 g/mol. The van der Waals surface area contributed by atoms with Crippen LogP contribution in [0.2, 0.25) is 5.28 Å². The number of anilines is 1. The Morgan fingerprint density at radius 3 is 3.00 bits per heavy atom. The monoisotopic (exact) mass is 237 g/mol. The molecule has 1 aromatic rings. The average Bonchev–Trinajstić information content (AvgIpc) is 2.72. The smallest absolute Gasteiger partial charge is 0.224 e. The summed E-state index contributed by atoms with van der Waals surface area (Å²) in [6.07, 6.45) is 8.52. The minimum Gasteiger partial charge on any atom is -0.353 e. The molecule has 1 aliphatic carbocycles. The molecule has 1 aromatic heterocycles. The maximum absolute atomic E-state index is 5.85. The van der Waals surface area contributed by atoms with Gasteiger partial charge in [-0.15, -0.1) is 0 Å². The SMILES string of the molecule is Clc1nccc(N2CCC3CCCCC32)n1. The third kappa shape index (κ3) is 1.77. The largest absolute Gasteiger partial charge is 0.353 e. The second-order valence-electron chi connectivity index (χ2n) is 4.78. The molecule has 0 spiro atoms. The fourth-order valence-corrected chi connectivity index (χ4v) is 3.32. The van der Waals surface area contributed by atoms with Crippen LogP contribution in [-0.4, -0.2) is 22.6 Å². The molecular formula is C12H16ClN3. The lowest BCUT2D eigenvalue weighted by Crippen LogP contribution is -2.35. The molecule has 0 amide bonds. The molecule has 1 saturated heterocycles. The van der Waals surface area contributed by atoms with Gasteiger partial charge in [-0.2, -0.15) is 0 Å². The predicted molar refractivity (Wildman–Crippen MR) is 64.8 cm³/mol. The Morgan fingerprint density at radius 1 is 1.25 bits per heavy atom. The quantitative estimate of drug-likeness (QED) is 0.704. The van der Waals surface area contributed by atoms with Crippen molar-refractivity contribution in [3.63, 3.8) is 0 Å². The number of halogens is 1. The number of fused-ring (bicyclic) bond motifs is 1. The Morgan fingerprint density at radius 2 is 2.12 bits per heavy atom. The van der Waals surface area contributed by atoms with Crippen LogP contribution in [0.25, 0.3) is 0 Å². The molecule has 1 aliphatic heterocycles. The van der Waals surface area contributed by atoms with E-state index >= 15 is 0 Å². The summed E-state index contributed by atoms with van der Waals surface area (Å²) >= 11 is 5.85. The Hall–Kier alpha value is -0.830. The summed E-state index contributed by atoms with van der Waals surface area (Å²) < 4.78 is 0. The van der Waals surface area contributed by atoms with Crippen LogP contribution in [0.3, 0.4) is 0 Å². The van der Waals surface area contributed by atoms with Crippen LogP contribution in [0.5, 0.6) is 0 Å². The minimum absolute atomic E-state index is 0.358. The first-order chi connectivity index (χ1) is 7.84. The Labute approximate surface area is 101 Å². The van der Waals surface area contributed by atoms with E-state index < -0.39 is 0 Å². The number of aromatic nitrogens is 2. The molecule has 2 aliphatic rings. The first-order valence-electron chi connectivity index (χ1n) is 6.10. The van der Waals surface area contributed by atoms with Crippen molar-refractivity contribution in [2.45, 2.75) is 38.1 Å². The number of hydrogen-bond acceptors (Lipinski definition) is 3. The molecule has 16 heavy (non-hydrogen) atoms. The fourth-order valence-electron chi connectivity index (χ4n) is 3.18. The van der Waals surface area contributed by atoms with E-state index in [-0.39, 0.29) is 0 Å². The molecule has 2 unspecified atom stereocenters. The molecule has 3 rings (SSSR count). The lowest BCUT2D eigenvalue weighted by molar-refractivity contribution is 0.341. The van der Waals surface area contributed by atoms with Gasteiger partial charge in [-0.05, 0) is 42.8 Å². The second kappa shape index (κ2) is 4.21. The Balaban J connectivity index is 1.85. The van der Waals surface area contributed by atoms with Crippen LogP contribution in [0.1, 0.15) is 32.1 Å². The van der Waals surface area contributed by atoms with Gasteiger partial charge in [0.05, 0.1) is 0 Å². The molecule has 1 saturated carbocycles. The molecule has 0 bridgehead atoms. The number of hydrogen-bond donors (Lipinski definition) is 0. The normalized spacial score (nSPS) is 29.2. The summed E-state index contributed by atoms with van der Waals surface area (Å²) in [5.74, 6) is 1.89. The van der Waals surface area contributed by atoms with Gasteiger partial charge >= 0.3 is 0 Å². The number of nitrogens with zero attached hydrogens (tertiary/aromatic N) is 3. The van der Waals surface area contributed by atoms with Gasteiger partial charge in [0.25, 0.3) is 0 Å². The van der Waals surface area contributed by atoms with Crippen LogP contribution < -0.4 is 4.90 Å². The van der Waals surface area contributed by atoms with Crippen molar-refractivity contribution in [2.75, 3.05) is 11.4 Å². The van der Waals surface area contributed by atoms with Gasteiger partial charge in [0, 0.05) is 18.8 Å². The minimum atomic E-state index is 0.358. The highest BCUT2D eigenvalue weighted by atomic mass is 35.5. The van der Waals surface area contributed by atoms with Gasteiger partial charge in [-0.25, -0.2) is 9.97 Å². The van der Waals surface area contributed by atoms with Crippen LogP contribution >= 0.6 is 11.6 Å². The molecule has 2 heterocycles. The highest BCUT2D eigenvalue weighted by Crippen LogP contribution is 2.38. The molecule has 4 heteroatoms. The Kier molecular flexibility index (Phi) is 2.72. The highest BCUT2D eigenvalue weighted by molar-refractivity contribution is 6.28. The first kappa shape index (κ1) is 10.3. The van der Waals surface area contributed by atoms with Crippen molar-refractivity contribution in [1.82, 2.24) is 9.97 Å². The van der Waals surface area contributed by atoms with Gasteiger partial charge in [-0.3, -0.25) is 0 Å². The van der Waals surface area contributed by atoms with Gasteiger partial charge in [0.15, 0.2) is 0 Å². The van der Waals surface area contributed by atoms with Crippen molar-refractivity contribution in [1.29, 1.82) is 0 Å². The third-order valence-corrected chi connectivity index (χ3v) is 4.10. The van der Waals surface area contributed by atoms with Crippen molar-refractivity contribution < 1.29 is 0 Å². The molecule has 0 radical (unpaired) electrons. The maximum atomic E-state index is 5.85. The second-order valence-corrected chi connectivity index (χ2v) is 5.12. The highest BCUT2D eigenvalue weighted by Gasteiger charge is 2.36. The zero-order chi connectivity index (χ0) is 11.0. The molecule has 0 aromatic carbocycles. The molecule has 3 nitrogen and oxygen atoms in total. The van der Waals surface area contributed by atoms with E-state index in [4.69, 9.17) is 11.6 Å². The first-order valence-corrected chi connectivity index (χ1v) is 6.47. The van der Waals surface area contributed by atoms with E-state index in [0.29, 0.717) is 11.3 Å². The lowest BCUT2D eigenvalue weighted by Gasteiger charge is -2.32. The predicted octanol–water partition coefficient (Wildman–Crippen LogP) is 2.90. The van der Waals surface area contributed by atoms with Crippen LogP contribution in [0.4, 0.5) is 5.82 Å². The van der Waals surface area contributed by atoms with E-state index in [9.17, 15) is 0 Å². The van der Waals surface area contributed by atoms with Gasteiger partial charge < -0.3 is 4.90 Å². The summed E-state index contributed by atoms with van der Waals surface area (Å²) in [6, 6.07) is 2.67. The molecule has 0 N–H and O–H groups in total. The van der Waals surface area contributed by atoms with E-state index in [1.807, 2.05) is 6.07 Å². The zero-order valence-electron chi connectivity index (χ0n) is 9.27. The van der Waals surface area contributed by atoms with Gasteiger partial charge in [-0.1, -0.05) is 12.8 Å². The molecule has 2 fully saturated rings. The van der Waals surface area contributed by atoms with Gasteiger partial charge in [0.2, 0.25) is 5.28 Å². The van der Waals surface area contributed by atoms with Crippen LogP contribution in [-0.2, 0) is 0 Å². The maximum Gasteiger partial charge on any atom is 0.224 e.